The van der Waals surface area contributed by atoms with Gasteiger partial charge in [0.05, 0.1) is 14.9 Å². The van der Waals surface area contributed by atoms with Crippen molar-refractivity contribution in [1.29, 1.82) is 5.26 Å². The Morgan fingerprint density at radius 1 is 1.33 bits per heavy atom. The molecule has 1 atom stereocenters. The normalized spacial score (nSPS) is 22.9. The van der Waals surface area contributed by atoms with E-state index in [9.17, 15) is 0 Å². The fourth-order valence-corrected chi connectivity index (χ4v) is 5.27. The number of hydrogen-bond donors (Lipinski definition) is 0. The first-order valence-corrected chi connectivity index (χ1v) is 10.2. The average Bonchev–Trinajstić information content (AvgIpc) is 2.70. The standard InChI is InChI=1S/C14H29N3Si/c1-12(2)14(3,4)17-11-10-16(9-7-8-15)13(17)18(5)6/h12-13,18H,7,9-11H2,1-6H3. The van der Waals surface area contributed by atoms with Crippen LogP contribution in [0.25, 0.3) is 0 Å². The van der Waals surface area contributed by atoms with Crippen molar-refractivity contribution >= 4 is 8.80 Å². The van der Waals surface area contributed by atoms with E-state index in [1.165, 1.54) is 0 Å². The van der Waals surface area contributed by atoms with E-state index in [2.05, 4.69) is 56.7 Å². The summed E-state index contributed by atoms with van der Waals surface area (Å²) in [7, 11) is -0.780. The average molecular weight is 267 g/mol. The van der Waals surface area contributed by atoms with Crippen LogP contribution in [0.1, 0.15) is 34.1 Å². The fourth-order valence-electron chi connectivity index (χ4n) is 2.88. The highest BCUT2D eigenvalue weighted by Gasteiger charge is 2.42. The molecule has 0 radical (unpaired) electrons. The van der Waals surface area contributed by atoms with Crippen molar-refractivity contribution < 1.29 is 0 Å². The van der Waals surface area contributed by atoms with Crippen molar-refractivity contribution in [3.8, 4) is 6.07 Å². The van der Waals surface area contributed by atoms with Gasteiger partial charge in [0.1, 0.15) is 0 Å². The number of nitrogens with zero attached hydrogens (tertiary/aromatic N) is 3. The Kier molecular flexibility index (Phi) is 5.39. The molecule has 3 nitrogen and oxygen atoms in total. The van der Waals surface area contributed by atoms with Crippen molar-refractivity contribution in [1.82, 2.24) is 9.80 Å². The van der Waals surface area contributed by atoms with Gasteiger partial charge >= 0.3 is 0 Å². The van der Waals surface area contributed by atoms with E-state index >= 15 is 0 Å². The van der Waals surface area contributed by atoms with Gasteiger partial charge in [0, 0.05) is 37.4 Å². The van der Waals surface area contributed by atoms with E-state index in [0.29, 0.717) is 18.1 Å². The Balaban J connectivity index is 2.85. The van der Waals surface area contributed by atoms with Gasteiger partial charge in [-0.05, 0) is 19.8 Å². The van der Waals surface area contributed by atoms with Crippen LogP contribution < -0.4 is 0 Å². The first-order chi connectivity index (χ1) is 8.32. The lowest BCUT2D eigenvalue weighted by Gasteiger charge is -2.45. The minimum absolute atomic E-state index is 0.253. The maximum Gasteiger partial charge on any atom is 0.0692 e. The summed E-state index contributed by atoms with van der Waals surface area (Å²) in [4.78, 5) is 5.25. The Hall–Kier alpha value is -0.373. The van der Waals surface area contributed by atoms with E-state index in [1.807, 2.05) is 0 Å². The zero-order chi connectivity index (χ0) is 13.9. The summed E-state index contributed by atoms with van der Waals surface area (Å²) in [5.74, 6) is 1.28. The van der Waals surface area contributed by atoms with Gasteiger partial charge in [0.15, 0.2) is 0 Å². The number of hydrogen-bond acceptors (Lipinski definition) is 3. The first kappa shape index (κ1) is 15.7. The summed E-state index contributed by atoms with van der Waals surface area (Å²) in [6.45, 7) is 17.5. The molecule has 1 fully saturated rings. The minimum Gasteiger partial charge on any atom is -0.289 e. The zero-order valence-corrected chi connectivity index (χ0v) is 14.1. The second kappa shape index (κ2) is 6.18. The molecule has 0 aromatic rings. The van der Waals surface area contributed by atoms with Crippen molar-refractivity contribution in [2.75, 3.05) is 19.6 Å². The van der Waals surface area contributed by atoms with Gasteiger partial charge in [0.25, 0.3) is 0 Å². The van der Waals surface area contributed by atoms with Gasteiger partial charge in [-0.15, -0.1) is 0 Å². The maximum atomic E-state index is 8.79. The quantitative estimate of drug-likeness (QED) is 0.716. The molecule has 0 aliphatic carbocycles. The molecule has 18 heavy (non-hydrogen) atoms. The van der Waals surface area contributed by atoms with Crippen LogP contribution in [0.5, 0.6) is 0 Å². The molecule has 1 unspecified atom stereocenters. The molecule has 1 aliphatic heterocycles. The third-order valence-corrected chi connectivity index (χ3v) is 6.56. The van der Waals surface area contributed by atoms with E-state index in [-0.39, 0.29) is 5.54 Å². The molecule has 0 aromatic carbocycles. The first-order valence-electron chi connectivity index (χ1n) is 7.20. The van der Waals surface area contributed by atoms with Crippen LogP contribution >= 0.6 is 0 Å². The van der Waals surface area contributed by atoms with E-state index in [0.717, 1.165) is 19.6 Å². The van der Waals surface area contributed by atoms with E-state index in [1.54, 1.807) is 0 Å². The lowest BCUT2D eigenvalue weighted by atomic mass is 9.89. The molecule has 0 saturated carbocycles. The topological polar surface area (TPSA) is 30.3 Å². The van der Waals surface area contributed by atoms with Crippen LogP contribution in [-0.2, 0) is 0 Å². The highest BCUT2D eigenvalue weighted by Crippen LogP contribution is 2.31. The van der Waals surface area contributed by atoms with E-state index < -0.39 is 8.80 Å². The molecule has 0 bridgehead atoms. The maximum absolute atomic E-state index is 8.79. The van der Waals surface area contributed by atoms with Gasteiger partial charge in [-0.3, -0.25) is 9.80 Å². The monoisotopic (exact) mass is 267 g/mol. The molecular weight excluding hydrogens is 238 g/mol. The number of rotatable bonds is 5. The molecule has 0 amide bonds. The third-order valence-electron chi connectivity index (χ3n) is 4.58. The van der Waals surface area contributed by atoms with Gasteiger partial charge in [-0.2, -0.15) is 5.26 Å². The van der Waals surface area contributed by atoms with Gasteiger partial charge in [-0.25, -0.2) is 0 Å². The molecule has 0 spiro atoms. The highest BCUT2D eigenvalue weighted by atomic mass is 28.3. The zero-order valence-electron chi connectivity index (χ0n) is 12.9. The molecule has 1 saturated heterocycles. The Morgan fingerprint density at radius 3 is 2.39 bits per heavy atom. The SMILES string of the molecule is CC(C)C(C)(C)N1CCN(CCC#N)C1[SiH](C)C. The third kappa shape index (κ3) is 3.14. The van der Waals surface area contributed by atoms with Crippen molar-refractivity contribution in [2.24, 2.45) is 5.92 Å². The van der Waals surface area contributed by atoms with Crippen molar-refractivity contribution in [3.63, 3.8) is 0 Å². The van der Waals surface area contributed by atoms with Crippen LogP contribution in [0, 0.1) is 17.2 Å². The summed E-state index contributed by atoms with van der Waals surface area (Å²) < 4.78 is 0. The largest absolute Gasteiger partial charge is 0.289 e. The molecule has 1 heterocycles. The second-order valence-electron chi connectivity index (χ2n) is 6.60. The van der Waals surface area contributed by atoms with Crippen LogP contribution in [0.4, 0.5) is 0 Å². The van der Waals surface area contributed by atoms with Gasteiger partial charge in [-0.1, -0.05) is 26.9 Å². The summed E-state index contributed by atoms with van der Waals surface area (Å²) in [6, 6.07) is 2.29. The molecule has 4 heteroatoms. The summed E-state index contributed by atoms with van der Waals surface area (Å²) in [5.41, 5.74) is 0.253. The fraction of sp³-hybridized carbons (Fsp3) is 0.929. The minimum atomic E-state index is -0.780. The molecule has 104 valence electrons. The summed E-state index contributed by atoms with van der Waals surface area (Å²) >= 11 is 0. The molecular formula is C14H29N3Si. The van der Waals surface area contributed by atoms with Crippen LogP contribution in [-0.4, -0.2) is 49.6 Å². The van der Waals surface area contributed by atoms with Crippen LogP contribution in [0.15, 0.2) is 0 Å². The Morgan fingerprint density at radius 2 is 1.94 bits per heavy atom. The molecule has 1 aliphatic rings. The lowest BCUT2D eigenvalue weighted by Crippen LogP contribution is -2.57. The van der Waals surface area contributed by atoms with Crippen LogP contribution in [0.2, 0.25) is 13.1 Å². The van der Waals surface area contributed by atoms with Crippen molar-refractivity contribution in [3.05, 3.63) is 0 Å². The molecule has 0 aromatic heterocycles. The molecule has 0 N–H and O–H groups in total. The van der Waals surface area contributed by atoms with Crippen molar-refractivity contribution in [2.45, 2.75) is 58.5 Å². The number of nitriles is 1. The Bertz CT molecular complexity index is 307. The lowest BCUT2D eigenvalue weighted by molar-refractivity contribution is 0.0596. The second-order valence-corrected chi connectivity index (χ2v) is 9.69. The highest BCUT2D eigenvalue weighted by molar-refractivity contribution is 6.57. The van der Waals surface area contributed by atoms with E-state index in [4.69, 9.17) is 5.26 Å². The Labute approximate surface area is 114 Å². The summed E-state index contributed by atoms with van der Waals surface area (Å²) in [5, 5.41) is 8.79. The van der Waals surface area contributed by atoms with Gasteiger partial charge < -0.3 is 0 Å². The van der Waals surface area contributed by atoms with Crippen LogP contribution in [0.3, 0.4) is 0 Å². The predicted molar refractivity (Wildman–Crippen MR) is 80.1 cm³/mol. The smallest absolute Gasteiger partial charge is 0.0692 e. The molecule has 1 rings (SSSR count). The van der Waals surface area contributed by atoms with Gasteiger partial charge in [0.2, 0.25) is 0 Å². The summed E-state index contributed by atoms with van der Waals surface area (Å²) in [6.07, 6.45) is 0.660. The predicted octanol–water partition coefficient (Wildman–Crippen LogP) is 2.30.